The monoisotopic (exact) mass is 366 g/mol. The molecular formula is C23H30N2O2. The average molecular weight is 367 g/mol. The van der Waals surface area contributed by atoms with Gasteiger partial charge in [0, 0.05) is 24.8 Å². The van der Waals surface area contributed by atoms with Crippen molar-refractivity contribution in [3.63, 3.8) is 0 Å². The third kappa shape index (κ3) is 3.80. The van der Waals surface area contributed by atoms with Gasteiger partial charge in [0.2, 0.25) is 5.91 Å². The van der Waals surface area contributed by atoms with Gasteiger partial charge in [-0.15, -0.1) is 0 Å². The maximum atomic E-state index is 13.1. The summed E-state index contributed by atoms with van der Waals surface area (Å²) in [7, 11) is 0. The average Bonchev–Trinajstić information content (AvgIpc) is 3.27. The Hall–Kier alpha value is -2.10. The zero-order valence-corrected chi connectivity index (χ0v) is 16.6. The number of aryl methyl sites for hydroxylation is 1. The molecule has 1 aliphatic carbocycles. The van der Waals surface area contributed by atoms with E-state index in [0.29, 0.717) is 30.6 Å². The fourth-order valence-electron chi connectivity index (χ4n) is 4.70. The summed E-state index contributed by atoms with van der Waals surface area (Å²) in [5.41, 5.74) is 1.22. The van der Waals surface area contributed by atoms with Crippen LogP contribution in [0.4, 0.5) is 0 Å². The first kappa shape index (κ1) is 18.3. The number of carbonyl (C=O) groups is 1. The van der Waals surface area contributed by atoms with Crippen LogP contribution in [0, 0.1) is 11.8 Å². The highest BCUT2D eigenvalue weighted by atomic mass is 16.4. The molecule has 2 bridgehead atoms. The molecule has 2 aliphatic rings. The van der Waals surface area contributed by atoms with E-state index < -0.39 is 0 Å². The number of benzene rings is 1. The number of hydrogen-bond donors (Lipinski definition) is 0. The van der Waals surface area contributed by atoms with Crippen LogP contribution < -0.4 is 0 Å². The highest BCUT2D eigenvalue weighted by Gasteiger charge is 2.42. The van der Waals surface area contributed by atoms with Crippen molar-refractivity contribution in [2.45, 2.75) is 64.3 Å². The number of piperidine rings is 1. The molecule has 4 nitrogen and oxygen atoms in total. The lowest BCUT2D eigenvalue weighted by atomic mass is 9.85. The quantitative estimate of drug-likeness (QED) is 0.773. The largest absolute Gasteiger partial charge is 0.445 e. The molecule has 1 saturated carbocycles. The molecule has 0 N–H and O–H groups in total. The molecule has 1 aromatic carbocycles. The first-order valence-corrected chi connectivity index (χ1v) is 10.2. The number of amides is 1. The minimum atomic E-state index is -0.0558. The molecule has 3 atom stereocenters. The maximum absolute atomic E-state index is 13.1. The lowest BCUT2D eigenvalue weighted by molar-refractivity contribution is -0.137. The van der Waals surface area contributed by atoms with Gasteiger partial charge < -0.3 is 9.32 Å². The SMILES string of the molecule is CC(C)(C)c1cnc(CCC(=O)N2CC3CCC(C3)C2c2ccccc2)o1. The Kier molecular flexibility index (Phi) is 4.83. The van der Waals surface area contributed by atoms with Crippen LogP contribution in [0.1, 0.15) is 69.7 Å². The van der Waals surface area contributed by atoms with Crippen molar-refractivity contribution in [2.75, 3.05) is 6.54 Å². The van der Waals surface area contributed by atoms with Gasteiger partial charge in [0.1, 0.15) is 5.76 Å². The summed E-state index contributed by atoms with van der Waals surface area (Å²) in [5.74, 6) is 3.06. The fraction of sp³-hybridized carbons (Fsp3) is 0.565. The Morgan fingerprint density at radius 1 is 1.22 bits per heavy atom. The molecule has 2 heterocycles. The number of nitrogens with zero attached hydrogens (tertiary/aromatic N) is 2. The minimum Gasteiger partial charge on any atom is -0.445 e. The molecule has 1 saturated heterocycles. The smallest absolute Gasteiger partial charge is 0.223 e. The summed E-state index contributed by atoms with van der Waals surface area (Å²) in [6.07, 6.45) is 6.59. The molecule has 2 aromatic rings. The molecule has 144 valence electrons. The van der Waals surface area contributed by atoms with Gasteiger partial charge in [-0.3, -0.25) is 4.79 Å². The van der Waals surface area contributed by atoms with E-state index >= 15 is 0 Å². The predicted molar refractivity (Wildman–Crippen MR) is 105 cm³/mol. The normalized spacial score (nSPS) is 25.0. The Balaban J connectivity index is 1.47. The van der Waals surface area contributed by atoms with Gasteiger partial charge in [-0.2, -0.15) is 0 Å². The molecule has 4 heteroatoms. The van der Waals surface area contributed by atoms with Crippen LogP contribution in [0.25, 0.3) is 0 Å². The van der Waals surface area contributed by atoms with Gasteiger partial charge in [0.25, 0.3) is 0 Å². The predicted octanol–water partition coefficient (Wildman–Crippen LogP) is 4.90. The van der Waals surface area contributed by atoms with Gasteiger partial charge in [0.05, 0.1) is 12.2 Å². The summed E-state index contributed by atoms with van der Waals surface area (Å²) < 4.78 is 5.87. The molecule has 1 amide bonds. The Labute approximate surface area is 162 Å². The number of rotatable bonds is 4. The van der Waals surface area contributed by atoms with Crippen molar-refractivity contribution < 1.29 is 9.21 Å². The Bertz CT molecular complexity index is 790. The number of likely N-dealkylation sites (tertiary alicyclic amines) is 1. The van der Waals surface area contributed by atoms with E-state index in [4.69, 9.17) is 4.42 Å². The second-order valence-corrected chi connectivity index (χ2v) is 9.21. The van der Waals surface area contributed by atoms with Gasteiger partial charge >= 0.3 is 0 Å². The molecule has 3 unspecified atom stereocenters. The van der Waals surface area contributed by atoms with Crippen molar-refractivity contribution in [3.8, 4) is 0 Å². The second kappa shape index (κ2) is 7.14. The lowest BCUT2D eigenvalue weighted by Gasteiger charge is -2.40. The molecule has 1 aromatic heterocycles. The standard InChI is InChI=1S/C23H30N2O2/c1-23(2,3)19-14-24-20(27-19)11-12-21(26)25-15-16-9-10-18(13-16)22(25)17-7-5-4-6-8-17/h4-8,14,16,18,22H,9-13,15H2,1-3H3. The zero-order valence-electron chi connectivity index (χ0n) is 16.6. The lowest BCUT2D eigenvalue weighted by Crippen LogP contribution is -2.43. The summed E-state index contributed by atoms with van der Waals surface area (Å²) in [6, 6.07) is 10.8. The van der Waals surface area contributed by atoms with Crippen molar-refractivity contribution >= 4 is 5.91 Å². The number of oxazole rings is 1. The molecule has 4 rings (SSSR count). The Morgan fingerprint density at radius 3 is 2.70 bits per heavy atom. The fourth-order valence-corrected chi connectivity index (χ4v) is 4.70. The van der Waals surface area contributed by atoms with Crippen molar-refractivity contribution in [3.05, 3.63) is 53.7 Å². The molecular weight excluding hydrogens is 336 g/mol. The van der Waals surface area contributed by atoms with Crippen LogP contribution in [-0.4, -0.2) is 22.3 Å². The zero-order chi connectivity index (χ0) is 19.0. The Morgan fingerprint density at radius 2 is 2.00 bits per heavy atom. The van der Waals surface area contributed by atoms with E-state index in [9.17, 15) is 4.79 Å². The third-order valence-electron chi connectivity index (χ3n) is 6.13. The van der Waals surface area contributed by atoms with Gasteiger partial charge in [-0.05, 0) is 36.7 Å². The summed E-state index contributed by atoms with van der Waals surface area (Å²) >= 11 is 0. The van der Waals surface area contributed by atoms with E-state index in [1.807, 2.05) is 6.07 Å². The number of aromatic nitrogens is 1. The van der Waals surface area contributed by atoms with E-state index in [0.717, 1.165) is 12.3 Å². The summed E-state index contributed by atoms with van der Waals surface area (Å²) in [5, 5.41) is 0. The van der Waals surface area contributed by atoms with Crippen LogP contribution in [0.15, 0.2) is 40.9 Å². The van der Waals surface area contributed by atoms with E-state index in [2.05, 4.69) is 54.9 Å². The van der Waals surface area contributed by atoms with E-state index in [-0.39, 0.29) is 17.4 Å². The minimum absolute atomic E-state index is 0.0558. The molecule has 0 radical (unpaired) electrons. The molecule has 2 fully saturated rings. The van der Waals surface area contributed by atoms with Crippen LogP contribution in [0.5, 0.6) is 0 Å². The van der Waals surface area contributed by atoms with Gasteiger partial charge in [-0.1, -0.05) is 51.1 Å². The van der Waals surface area contributed by atoms with E-state index in [1.165, 1.54) is 24.8 Å². The topological polar surface area (TPSA) is 46.3 Å². The summed E-state index contributed by atoms with van der Waals surface area (Å²) in [6.45, 7) is 7.22. The van der Waals surface area contributed by atoms with Crippen molar-refractivity contribution in [1.29, 1.82) is 0 Å². The highest BCUT2D eigenvalue weighted by molar-refractivity contribution is 5.77. The van der Waals surface area contributed by atoms with Gasteiger partial charge in [0.15, 0.2) is 5.89 Å². The van der Waals surface area contributed by atoms with Crippen LogP contribution in [0.3, 0.4) is 0 Å². The number of fused-ring (bicyclic) bond motifs is 2. The molecule has 27 heavy (non-hydrogen) atoms. The molecule has 1 aliphatic heterocycles. The first-order chi connectivity index (χ1) is 12.9. The summed E-state index contributed by atoms with van der Waals surface area (Å²) in [4.78, 5) is 19.7. The molecule has 0 spiro atoms. The van der Waals surface area contributed by atoms with Crippen LogP contribution >= 0.6 is 0 Å². The number of carbonyl (C=O) groups excluding carboxylic acids is 1. The number of hydrogen-bond acceptors (Lipinski definition) is 3. The van der Waals surface area contributed by atoms with Crippen molar-refractivity contribution in [2.24, 2.45) is 11.8 Å². The van der Waals surface area contributed by atoms with Crippen LogP contribution in [0.2, 0.25) is 0 Å². The second-order valence-electron chi connectivity index (χ2n) is 9.21. The third-order valence-corrected chi connectivity index (χ3v) is 6.13. The van der Waals surface area contributed by atoms with Crippen molar-refractivity contribution in [1.82, 2.24) is 9.88 Å². The highest BCUT2D eigenvalue weighted by Crippen LogP contribution is 2.47. The first-order valence-electron chi connectivity index (χ1n) is 10.2. The maximum Gasteiger partial charge on any atom is 0.223 e. The van der Waals surface area contributed by atoms with Crippen LogP contribution in [-0.2, 0) is 16.6 Å². The van der Waals surface area contributed by atoms with Gasteiger partial charge in [-0.25, -0.2) is 4.98 Å². The van der Waals surface area contributed by atoms with E-state index in [1.54, 1.807) is 6.20 Å².